The Bertz CT molecular complexity index is 279. The van der Waals surface area contributed by atoms with Crippen molar-refractivity contribution in [2.24, 2.45) is 10.7 Å². The van der Waals surface area contributed by atoms with Gasteiger partial charge in [0.1, 0.15) is 12.3 Å². The zero-order valence-electron chi connectivity index (χ0n) is 9.85. The molecule has 0 bridgehead atoms. The first-order valence-corrected chi connectivity index (χ1v) is 5.59. The number of nitrogens with zero attached hydrogens (tertiary/aromatic N) is 1. The van der Waals surface area contributed by atoms with Gasteiger partial charge in [-0.1, -0.05) is 6.42 Å². The van der Waals surface area contributed by atoms with Crippen LogP contribution in [0.25, 0.3) is 0 Å². The Morgan fingerprint density at radius 3 is 2.59 bits per heavy atom. The van der Waals surface area contributed by atoms with Crippen LogP contribution < -0.4 is 11.1 Å². The standard InChI is InChI=1S/C11H19N3O3/c1-13-11(17)9(6-8-15)14-10(16)5-3-2-4-7-12/h8-9H,1-7,12H2,(H,14,16)/t9-/m0/s1. The number of carbonyl (C=O) groups excluding carboxylic acids is 3. The van der Waals surface area contributed by atoms with Gasteiger partial charge in [0, 0.05) is 12.8 Å². The molecule has 2 amide bonds. The van der Waals surface area contributed by atoms with Crippen LogP contribution in [0.4, 0.5) is 0 Å². The Labute approximate surface area is 101 Å². The third kappa shape index (κ3) is 7.35. The summed E-state index contributed by atoms with van der Waals surface area (Å²) in [6, 6.07) is -0.882. The molecule has 0 heterocycles. The molecule has 0 radical (unpaired) electrons. The van der Waals surface area contributed by atoms with Crippen molar-refractivity contribution in [1.29, 1.82) is 0 Å². The second-order valence-corrected chi connectivity index (χ2v) is 3.62. The highest BCUT2D eigenvalue weighted by Gasteiger charge is 2.18. The van der Waals surface area contributed by atoms with Crippen LogP contribution >= 0.6 is 0 Å². The Morgan fingerprint density at radius 1 is 1.35 bits per heavy atom. The quantitative estimate of drug-likeness (QED) is 0.332. The Balaban J connectivity index is 3.99. The molecule has 6 heteroatoms. The average Bonchev–Trinajstić information content (AvgIpc) is 2.33. The maximum atomic E-state index is 11.4. The lowest BCUT2D eigenvalue weighted by atomic mass is 10.1. The summed E-state index contributed by atoms with van der Waals surface area (Å²) in [5, 5.41) is 2.46. The monoisotopic (exact) mass is 241 g/mol. The normalized spacial score (nSPS) is 11.6. The first-order chi connectivity index (χ1) is 8.15. The number of rotatable bonds is 9. The van der Waals surface area contributed by atoms with Crippen LogP contribution in [0.3, 0.4) is 0 Å². The summed E-state index contributed by atoms with van der Waals surface area (Å²) in [6.07, 6.45) is 3.27. The number of nitrogens with two attached hydrogens (primary N) is 1. The van der Waals surface area contributed by atoms with Crippen LogP contribution in [0.1, 0.15) is 32.1 Å². The van der Waals surface area contributed by atoms with Gasteiger partial charge in [0.05, 0.1) is 0 Å². The van der Waals surface area contributed by atoms with E-state index in [1.807, 2.05) is 0 Å². The summed E-state index contributed by atoms with van der Waals surface area (Å²) in [5.41, 5.74) is 5.32. The zero-order chi connectivity index (χ0) is 13.1. The van der Waals surface area contributed by atoms with Crippen LogP contribution in [0.5, 0.6) is 0 Å². The zero-order valence-corrected chi connectivity index (χ0v) is 9.85. The number of amides is 2. The Morgan fingerprint density at radius 2 is 2.06 bits per heavy atom. The molecule has 0 aromatic heterocycles. The molecule has 0 saturated carbocycles. The van der Waals surface area contributed by atoms with Crippen molar-refractivity contribution in [1.82, 2.24) is 5.32 Å². The molecule has 0 rings (SSSR count). The average molecular weight is 241 g/mol. The van der Waals surface area contributed by atoms with Gasteiger partial charge in [-0.15, -0.1) is 0 Å². The summed E-state index contributed by atoms with van der Waals surface area (Å²) in [5.74, 6) is -0.849. The van der Waals surface area contributed by atoms with E-state index in [0.29, 0.717) is 25.7 Å². The molecule has 96 valence electrons. The molecule has 0 aliphatic carbocycles. The fourth-order valence-electron chi connectivity index (χ4n) is 1.30. The maximum Gasteiger partial charge on any atom is 0.268 e. The highest BCUT2D eigenvalue weighted by atomic mass is 16.2. The van der Waals surface area contributed by atoms with E-state index in [4.69, 9.17) is 5.73 Å². The van der Waals surface area contributed by atoms with Gasteiger partial charge in [-0.3, -0.25) is 9.59 Å². The predicted molar refractivity (Wildman–Crippen MR) is 64.7 cm³/mol. The van der Waals surface area contributed by atoms with E-state index in [1.54, 1.807) is 0 Å². The molecule has 1 atom stereocenters. The summed E-state index contributed by atoms with van der Waals surface area (Å²) in [6.45, 7) is 3.68. The summed E-state index contributed by atoms with van der Waals surface area (Å²) < 4.78 is 0. The molecule has 0 aliphatic rings. The van der Waals surface area contributed by atoms with Gasteiger partial charge in [-0.2, -0.15) is 0 Å². The van der Waals surface area contributed by atoms with E-state index in [-0.39, 0.29) is 12.3 Å². The highest BCUT2D eigenvalue weighted by molar-refractivity contribution is 5.91. The molecule has 0 fully saturated rings. The Hall–Kier alpha value is -1.56. The maximum absolute atomic E-state index is 11.4. The lowest BCUT2D eigenvalue weighted by Gasteiger charge is -2.12. The lowest BCUT2D eigenvalue weighted by molar-refractivity contribution is -0.128. The molecular formula is C11H19N3O3. The molecule has 17 heavy (non-hydrogen) atoms. The van der Waals surface area contributed by atoms with E-state index in [1.165, 1.54) is 0 Å². The number of nitrogens with one attached hydrogen (secondary N) is 1. The summed E-state index contributed by atoms with van der Waals surface area (Å²) in [7, 11) is 0. The van der Waals surface area contributed by atoms with E-state index < -0.39 is 11.9 Å². The molecule has 0 spiro atoms. The molecule has 0 aromatic rings. The van der Waals surface area contributed by atoms with Crippen molar-refractivity contribution in [3.8, 4) is 0 Å². The summed E-state index contributed by atoms with van der Waals surface area (Å²) >= 11 is 0. The highest BCUT2D eigenvalue weighted by Crippen LogP contribution is 2.00. The molecule has 0 saturated heterocycles. The van der Waals surface area contributed by atoms with Crippen LogP contribution in [-0.4, -0.2) is 37.4 Å². The number of unbranched alkanes of at least 4 members (excludes halogenated alkanes) is 2. The van der Waals surface area contributed by atoms with E-state index in [0.717, 1.165) is 12.8 Å². The SMILES string of the molecule is C=NC(=O)[C@H](CC=O)NC(=O)CCCCCN. The van der Waals surface area contributed by atoms with Gasteiger partial charge >= 0.3 is 0 Å². The van der Waals surface area contributed by atoms with Crippen molar-refractivity contribution in [2.45, 2.75) is 38.1 Å². The predicted octanol–water partition coefficient (Wildman–Crippen LogP) is -0.193. The van der Waals surface area contributed by atoms with Gasteiger partial charge in [0.2, 0.25) is 5.91 Å². The van der Waals surface area contributed by atoms with Crippen LogP contribution in [0.15, 0.2) is 4.99 Å². The second-order valence-electron chi connectivity index (χ2n) is 3.62. The van der Waals surface area contributed by atoms with Crippen LogP contribution in [0, 0.1) is 0 Å². The molecule has 0 aliphatic heterocycles. The molecule has 0 aromatic carbocycles. The first kappa shape index (κ1) is 15.4. The largest absolute Gasteiger partial charge is 0.344 e. The van der Waals surface area contributed by atoms with E-state index >= 15 is 0 Å². The number of carbonyl (C=O) groups is 3. The number of hydrogen-bond acceptors (Lipinski definition) is 4. The smallest absolute Gasteiger partial charge is 0.268 e. The fraction of sp³-hybridized carbons (Fsp3) is 0.636. The van der Waals surface area contributed by atoms with Crippen molar-refractivity contribution in [2.75, 3.05) is 6.54 Å². The minimum absolute atomic E-state index is 0.0770. The minimum atomic E-state index is -0.882. The van der Waals surface area contributed by atoms with Gasteiger partial charge in [-0.25, -0.2) is 4.99 Å². The second kappa shape index (κ2) is 9.65. The van der Waals surface area contributed by atoms with Crippen molar-refractivity contribution in [3.05, 3.63) is 0 Å². The van der Waals surface area contributed by atoms with Gasteiger partial charge in [0.15, 0.2) is 0 Å². The van der Waals surface area contributed by atoms with E-state index in [2.05, 4.69) is 17.0 Å². The molecule has 3 N–H and O–H groups in total. The fourth-order valence-corrected chi connectivity index (χ4v) is 1.30. The third-order valence-corrected chi connectivity index (χ3v) is 2.23. The number of aldehydes is 1. The lowest BCUT2D eigenvalue weighted by Crippen LogP contribution is -2.40. The minimum Gasteiger partial charge on any atom is -0.344 e. The van der Waals surface area contributed by atoms with Crippen molar-refractivity contribution in [3.63, 3.8) is 0 Å². The van der Waals surface area contributed by atoms with Crippen LogP contribution in [0.2, 0.25) is 0 Å². The third-order valence-electron chi connectivity index (χ3n) is 2.23. The van der Waals surface area contributed by atoms with E-state index in [9.17, 15) is 14.4 Å². The number of hydrogen-bond donors (Lipinski definition) is 2. The van der Waals surface area contributed by atoms with Crippen molar-refractivity contribution >= 4 is 24.8 Å². The van der Waals surface area contributed by atoms with Gasteiger partial charge < -0.3 is 15.8 Å². The van der Waals surface area contributed by atoms with Gasteiger partial charge in [0.25, 0.3) is 5.91 Å². The van der Waals surface area contributed by atoms with Gasteiger partial charge in [-0.05, 0) is 26.1 Å². The van der Waals surface area contributed by atoms with Crippen LogP contribution in [-0.2, 0) is 14.4 Å². The summed E-state index contributed by atoms with van der Waals surface area (Å²) in [4.78, 5) is 36.2. The molecular weight excluding hydrogens is 222 g/mol. The van der Waals surface area contributed by atoms with Crippen molar-refractivity contribution < 1.29 is 14.4 Å². The number of aliphatic imine (C=N–C) groups is 1. The topological polar surface area (TPSA) is 102 Å². The Kier molecular flexibility index (Phi) is 8.77. The molecule has 0 unspecified atom stereocenters. The molecule has 6 nitrogen and oxygen atoms in total. The first-order valence-electron chi connectivity index (χ1n) is 5.59.